The van der Waals surface area contributed by atoms with Gasteiger partial charge in [-0.05, 0) is 5.56 Å². The summed E-state index contributed by atoms with van der Waals surface area (Å²) in [7, 11) is 4.38. The topological polar surface area (TPSA) is 0 Å². The fourth-order valence-electron chi connectivity index (χ4n) is 2.55. The first-order valence-corrected chi connectivity index (χ1v) is 8.04. The predicted molar refractivity (Wildman–Crippen MR) is 91.8 cm³/mol. The van der Waals surface area contributed by atoms with Crippen LogP contribution in [0.5, 0.6) is 0 Å². The Hall–Kier alpha value is -1.02. The second-order valence-electron chi connectivity index (χ2n) is 6.09. The van der Waals surface area contributed by atoms with Gasteiger partial charge < -0.3 is 4.48 Å². The standard InChI is InChI=1S/C18H22Cl2N/c1-21(2,13-15-9-5-3-6-10-15)14-17(19)18(20)16-11-7-4-8-12-16/h3-12,17-18H,13-14H2,1-2H3/q+1. The van der Waals surface area contributed by atoms with Crippen LogP contribution in [0.4, 0.5) is 0 Å². The molecular formula is C18H22Cl2N+. The Kier molecular flexibility index (Phi) is 5.69. The van der Waals surface area contributed by atoms with Crippen LogP contribution in [0.15, 0.2) is 60.7 Å². The van der Waals surface area contributed by atoms with Crippen LogP contribution in [0.2, 0.25) is 0 Å². The van der Waals surface area contributed by atoms with Gasteiger partial charge in [-0.1, -0.05) is 60.7 Å². The van der Waals surface area contributed by atoms with Crippen molar-refractivity contribution in [3.05, 3.63) is 71.8 Å². The molecule has 0 spiro atoms. The van der Waals surface area contributed by atoms with Crippen LogP contribution in [0.3, 0.4) is 0 Å². The molecule has 2 aromatic rings. The zero-order valence-corrected chi connectivity index (χ0v) is 14.1. The number of nitrogens with zero attached hydrogens (tertiary/aromatic N) is 1. The monoisotopic (exact) mass is 322 g/mol. The van der Waals surface area contributed by atoms with Gasteiger partial charge in [0.2, 0.25) is 0 Å². The van der Waals surface area contributed by atoms with Crippen LogP contribution >= 0.6 is 23.2 Å². The average Bonchev–Trinajstić information content (AvgIpc) is 2.47. The van der Waals surface area contributed by atoms with Gasteiger partial charge in [-0.25, -0.2) is 0 Å². The van der Waals surface area contributed by atoms with Crippen molar-refractivity contribution < 1.29 is 4.48 Å². The molecule has 0 bridgehead atoms. The SMILES string of the molecule is C[N+](C)(Cc1ccccc1)CC(Cl)C(Cl)c1ccccc1. The minimum Gasteiger partial charge on any atom is -0.323 e. The second-order valence-corrected chi connectivity index (χ2v) is 7.12. The summed E-state index contributed by atoms with van der Waals surface area (Å²) in [6.45, 7) is 1.77. The van der Waals surface area contributed by atoms with Gasteiger partial charge in [-0.15, -0.1) is 23.2 Å². The molecule has 0 heterocycles. The van der Waals surface area contributed by atoms with E-state index in [0.29, 0.717) is 0 Å². The molecule has 0 amide bonds. The molecule has 2 aromatic carbocycles. The van der Waals surface area contributed by atoms with E-state index in [1.54, 1.807) is 0 Å². The Morgan fingerprint density at radius 2 is 1.38 bits per heavy atom. The molecule has 1 nitrogen and oxygen atoms in total. The first-order chi connectivity index (χ1) is 9.98. The van der Waals surface area contributed by atoms with Gasteiger partial charge in [0.25, 0.3) is 0 Å². The summed E-state index contributed by atoms with van der Waals surface area (Å²) in [4.78, 5) is 0. The van der Waals surface area contributed by atoms with Crippen molar-refractivity contribution in [2.75, 3.05) is 20.6 Å². The van der Waals surface area contributed by atoms with Gasteiger partial charge in [0.1, 0.15) is 11.9 Å². The average molecular weight is 323 g/mol. The minimum absolute atomic E-state index is 0.104. The Labute approximate surface area is 137 Å². The van der Waals surface area contributed by atoms with Crippen LogP contribution in [-0.2, 0) is 6.54 Å². The predicted octanol–water partition coefficient (Wildman–Crippen LogP) is 4.85. The largest absolute Gasteiger partial charge is 0.323 e. The van der Waals surface area contributed by atoms with Gasteiger partial charge in [0.05, 0.1) is 26.0 Å². The molecule has 0 aliphatic carbocycles. The van der Waals surface area contributed by atoms with Crippen LogP contribution < -0.4 is 0 Å². The highest BCUT2D eigenvalue weighted by Gasteiger charge is 2.27. The fourth-order valence-corrected chi connectivity index (χ4v) is 3.30. The van der Waals surface area contributed by atoms with Gasteiger partial charge in [-0.3, -0.25) is 0 Å². The molecule has 0 aliphatic rings. The van der Waals surface area contributed by atoms with Gasteiger partial charge in [0.15, 0.2) is 0 Å². The number of quaternary nitrogens is 1. The van der Waals surface area contributed by atoms with E-state index in [1.807, 2.05) is 36.4 Å². The zero-order chi connectivity index (χ0) is 15.3. The van der Waals surface area contributed by atoms with Gasteiger partial charge in [-0.2, -0.15) is 0 Å². The molecule has 0 radical (unpaired) electrons. The number of hydrogen-bond donors (Lipinski definition) is 0. The summed E-state index contributed by atoms with van der Waals surface area (Å²) in [5.41, 5.74) is 2.40. The first kappa shape index (κ1) is 16.4. The normalized spacial score (nSPS) is 14.7. The second kappa shape index (κ2) is 7.31. The molecule has 112 valence electrons. The Morgan fingerprint density at radius 1 is 0.857 bits per heavy atom. The quantitative estimate of drug-likeness (QED) is 0.526. The minimum atomic E-state index is -0.166. The van der Waals surface area contributed by atoms with Crippen molar-refractivity contribution in [1.29, 1.82) is 0 Å². The van der Waals surface area contributed by atoms with E-state index >= 15 is 0 Å². The smallest absolute Gasteiger partial charge is 0.104 e. The number of hydrogen-bond acceptors (Lipinski definition) is 0. The van der Waals surface area contributed by atoms with Crippen molar-refractivity contribution in [1.82, 2.24) is 0 Å². The molecule has 21 heavy (non-hydrogen) atoms. The molecule has 3 heteroatoms. The lowest BCUT2D eigenvalue weighted by molar-refractivity contribution is -0.903. The summed E-state index contributed by atoms with van der Waals surface area (Å²) < 4.78 is 0.814. The highest BCUT2D eigenvalue weighted by Crippen LogP contribution is 2.29. The van der Waals surface area contributed by atoms with Crippen molar-refractivity contribution in [2.45, 2.75) is 17.3 Å². The molecular weight excluding hydrogens is 301 g/mol. The van der Waals surface area contributed by atoms with Gasteiger partial charge >= 0.3 is 0 Å². The van der Waals surface area contributed by atoms with Crippen molar-refractivity contribution >= 4 is 23.2 Å². The fraction of sp³-hybridized carbons (Fsp3) is 0.333. The summed E-state index contributed by atoms with van der Waals surface area (Å²) >= 11 is 13.1. The van der Waals surface area contributed by atoms with E-state index in [-0.39, 0.29) is 10.8 Å². The molecule has 0 fully saturated rings. The number of benzene rings is 2. The molecule has 2 unspecified atom stereocenters. The maximum atomic E-state index is 6.57. The van der Waals surface area contributed by atoms with E-state index in [9.17, 15) is 0 Å². The summed E-state index contributed by atoms with van der Waals surface area (Å²) in [6, 6.07) is 20.5. The van der Waals surface area contributed by atoms with Crippen molar-refractivity contribution in [3.63, 3.8) is 0 Å². The third kappa shape index (κ3) is 5.03. The highest BCUT2D eigenvalue weighted by molar-refractivity contribution is 6.30. The van der Waals surface area contributed by atoms with Crippen molar-refractivity contribution in [3.8, 4) is 0 Å². The molecule has 2 rings (SSSR count). The zero-order valence-electron chi connectivity index (χ0n) is 12.5. The highest BCUT2D eigenvalue weighted by atomic mass is 35.5. The molecule has 0 saturated carbocycles. The molecule has 0 aromatic heterocycles. The summed E-state index contributed by atoms with van der Waals surface area (Å²) in [5, 5.41) is -0.270. The van der Waals surface area contributed by atoms with E-state index in [2.05, 4.69) is 38.4 Å². The lowest BCUT2D eigenvalue weighted by atomic mass is 10.1. The van der Waals surface area contributed by atoms with E-state index in [4.69, 9.17) is 23.2 Å². The van der Waals surface area contributed by atoms with E-state index in [0.717, 1.165) is 23.1 Å². The third-order valence-electron chi connectivity index (χ3n) is 3.56. The number of halogens is 2. The Bertz CT molecular complexity index is 540. The lowest BCUT2D eigenvalue weighted by Gasteiger charge is -2.33. The summed E-state index contributed by atoms with van der Waals surface area (Å²) in [5.74, 6) is 0. The van der Waals surface area contributed by atoms with Gasteiger partial charge in [0, 0.05) is 5.56 Å². The first-order valence-electron chi connectivity index (χ1n) is 7.17. The van der Waals surface area contributed by atoms with E-state index < -0.39 is 0 Å². The van der Waals surface area contributed by atoms with Crippen molar-refractivity contribution in [2.24, 2.45) is 0 Å². The third-order valence-corrected chi connectivity index (χ3v) is 4.63. The Balaban J connectivity index is 1.99. The van der Waals surface area contributed by atoms with E-state index in [1.165, 1.54) is 5.56 Å². The van der Waals surface area contributed by atoms with Crippen LogP contribution in [-0.4, -0.2) is 30.5 Å². The molecule has 2 atom stereocenters. The van der Waals surface area contributed by atoms with Crippen LogP contribution in [0.1, 0.15) is 16.5 Å². The summed E-state index contributed by atoms with van der Waals surface area (Å²) in [6.07, 6.45) is 0. The number of alkyl halides is 2. The maximum Gasteiger partial charge on any atom is 0.104 e. The van der Waals surface area contributed by atoms with Crippen LogP contribution in [0, 0.1) is 0 Å². The number of rotatable bonds is 6. The molecule has 0 N–H and O–H groups in total. The molecule has 0 saturated heterocycles. The van der Waals surface area contributed by atoms with Crippen LogP contribution in [0.25, 0.3) is 0 Å². The maximum absolute atomic E-state index is 6.57. The molecule has 0 aliphatic heterocycles. The Morgan fingerprint density at radius 3 is 1.95 bits per heavy atom. The lowest BCUT2D eigenvalue weighted by Crippen LogP contribution is -2.44.